The third-order valence-electron chi connectivity index (χ3n) is 6.31. The Morgan fingerprint density at radius 3 is 2.35 bits per heavy atom. The van der Waals surface area contributed by atoms with Gasteiger partial charge in [0.2, 0.25) is 0 Å². The van der Waals surface area contributed by atoms with Gasteiger partial charge in [0.25, 0.3) is 0 Å². The van der Waals surface area contributed by atoms with Crippen molar-refractivity contribution in [2.24, 2.45) is 0 Å². The molecule has 0 aromatic carbocycles. The molecule has 0 saturated carbocycles. The highest BCUT2D eigenvalue weighted by Crippen LogP contribution is 2.45. The van der Waals surface area contributed by atoms with Crippen molar-refractivity contribution < 1.29 is 18.7 Å². The zero-order chi connectivity index (χ0) is 17.7. The molecule has 2 fully saturated rings. The Labute approximate surface area is 142 Å². The lowest BCUT2D eigenvalue weighted by Gasteiger charge is -2.43. The molecule has 0 aromatic heterocycles. The van der Waals surface area contributed by atoms with E-state index in [1.165, 1.54) is 0 Å². The molecule has 134 valence electrons. The lowest BCUT2D eigenvalue weighted by molar-refractivity contribution is -0.173. The average molecular weight is 343 g/mol. The van der Waals surface area contributed by atoms with Crippen LogP contribution in [0.15, 0.2) is 0 Å². The van der Waals surface area contributed by atoms with Crippen LogP contribution in [0.5, 0.6) is 0 Å². The van der Waals surface area contributed by atoms with Crippen LogP contribution in [0.1, 0.15) is 67.2 Å². The van der Waals surface area contributed by atoms with E-state index in [2.05, 4.69) is 47.7 Å². The zero-order valence-corrected chi connectivity index (χ0v) is 17.1. The van der Waals surface area contributed by atoms with Crippen LogP contribution in [0.2, 0.25) is 18.1 Å². The van der Waals surface area contributed by atoms with Gasteiger partial charge in [-0.3, -0.25) is 4.79 Å². The summed E-state index contributed by atoms with van der Waals surface area (Å²) in [4.78, 5) is 11.5. The highest BCUT2D eigenvalue weighted by Gasteiger charge is 2.53. The summed E-state index contributed by atoms with van der Waals surface area (Å²) in [6.07, 6.45) is 3.14. The molecule has 4 atom stereocenters. The lowest BCUT2D eigenvalue weighted by Crippen LogP contribution is -2.51. The molecule has 2 aliphatic heterocycles. The normalized spacial score (nSPS) is 37.0. The molecule has 0 spiro atoms. The van der Waals surface area contributed by atoms with E-state index in [1.807, 2.05) is 6.92 Å². The Balaban J connectivity index is 2.05. The number of esters is 1. The summed E-state index contributed by atoms with van der Waals surface area (Å²) >= 11 is 0. The van der Waals surface area contributed by atoms with E-state index in [0.29, 0.717) is 6.42 Å². The Bertz CT molecular complexity index is 470. The molecule has 0 unspecified atom stereocenters. The van der Waals surface area contributed by atoms with Gasteiger partial charge in [-0.25, -0.2) is 0 Å². The van der Waals surface area contributed by atoms with Crippen molar-refractivity contribution >= 4 is 14.3 Å². The van der Waals surface area contributed by atoms with Gasteiger partial charge < -0.3 is 13.9 Å². The van der Waals surface area contributed by atoms with Crippen LogP contribution in [0.25, 0.3) is 0 Å². The first kappa shape index (κ1) is 18.9. The highest BCUT2D eigenvalue weighted by atomic mass is 28.4. The van der Waals surface area contributed by atoms with Gasteiger partial charge in [0.05, 0.1) is 17.8 Å². The molecule has 2 saturated heterocycles. The summed E-state index contributed by atoms with van der Waals surface area (Å²) in [7, 11) is -1.83. The van der Waals surface area contributed by atoms with Crippen molar-refractivity contribution in [3.05, 3.63) is 0 Å². The van der Waals surface area contributed by atoms with E-state index in [1.54, 1.807) is 0 Å². The van der Waals surface area contributed by atoms with Crippen molar-refractivity contribution in [3.63, 3.8) is 0 Å². The third-order valence-corrected chi connectivity index (χ3v) is 10.9. The maximum absolute atomic E-state index is 11.5. The number of carbonyl (C=O) groups excluding carboxylic acids is 1. The topological polar surface area (TPSA) is 44.8 Å². The molecule has 2 heterocycles. The van der Waals surface area contributed by atoms with E-state index >= 15 is 0 Å². The number of rotatable bonds is 4. The summed E-state index contributed by atoms with van der Waals surface area (Å²) in [6, 6.07) is 0. The van der Waals surface area contributed by atoms with Crippen molar-refractivity contribution in [2.45, 2.75) is 109 Å². The summed E-state index contributed by atoms with van der Waals surface area (Å²) < 4.78 is 18.5. The molecule has 0 radical (unpaired) electrons. The molecule has 0 N–H and O–H groups in total. The summed E-state index contributed by atoms with van der Waals surface area (Å²) in [5, 5.41) is 0.183. The third kappa shape index (κ3) is 3.66. The fraction of sp³-hybridized carbons (Fsp3) is 0.944. The largest absolute Gasteiger partial charge is 0.457 e. The van der Waals surface area contributed by atoms with Crippen molar-refractivity contribution in [1.82, 2.24) is 0 Å². The van der Waals surface area contributed by atoms with Crippen LogP contribution in [0.3, 0.4) is 0 Å². The number of cyclic esters (lactones) is 1. The van der Waals surface area contributed by atoms with Crippen LogP contribution >= 0.6 is 0 Å². The molecule has 23 heavy (non-hydrogen) atoms. The van der Waals surface area contributed by atoms with Gasteiger partial charge in [0, 0.05) is 6.42 Å². The van der Waals surface area contributed by atoms with Crippen LogP contribution in [0, 0.1) is 0 Å². The highest BCUT2D eigenvalue weighted by molar-refractivity contribution is 6.74. The first-order valence-electron chi connectivity index (χ1n) is 8.87. The van der Waals surface area contributed by atoms with Crippen molar-refractivity contribution in [3.8, 4) is 0 Å². The summed E-state index contributed by atoms with van der Waals surface area (Å²) in [5.41, 5.74) is -0.774. The quantitative estimate of drug-likeness (QED) is 0.560. The maximum atomic E-state index is 11.5. The second-order valence-corrected chi connectivity index (χ2v) is 14.0. The predicted molar refractivity (Wildman–Crippen MR) is 94.0 cm³/mol. The van der Waals surface area contributed by atoms with E-state index < -0.39 is 13.9 Å². The van der Waals surface area contributed by atoms with Gasteiger partial charge in [0.1, 0.15) is 5.60 Å². The molecular formula is C18H34O4Si. The standard InChI is InChI=1S/C18H34O4Si/c1-13(22-23(7,8)16(2,3)4)17(5)11-9-14(20-17)18(6)12-10-15(19)21-18/h13-14H,9-12H2,1-8H3/t13-,14-,17+,18+/m1/s1. The molecule has 5 heteroatoms. The Kier molecular flexibility index (Phi) is 4.82. The molecule has 0 bridgehead atoms. The summed E-state index contributed by atoms with van der Waals surface area (Å²) in [6.45, 7) is 17.6. The van der Waals surface area contributed by atoms with Gasteiger partial charge in [-0.05, 0) is 58.2 Å². The second kappa shape index (κ2) is 5.85. The first-order valence-corrected chi connectivity index (χ1v) is 11.8. The minimum Gasteiger partial charge on any atom is -0.457 e. The Morgan fingerprint density at radius 1 is 1.26 bits per heavy atom. The second-order valence-electron chi connectivity index (χ2n) is 9.26. The van der Waals surface area contributed by atoms with Crippen LogP contribution < -0.4 is 0 Å². The zero-order valence-electron chi connectivity index (χ0n) is 16.1. The maximum Gasteiger partial charge on any atom is 0.306 e. The lowest BCUT2D eigenvalue weighted by atomic mass is 9.91. The van der Waals surface area contributed by atoms with E-state index in [0.717, 1.165) is 19.3 Å². The number of hydrogen-bond acceptors (Lipinski definition) is 4. The molecule has 0 amide bonds. The average Bonchev–Trinajstić information content (AvgIpc) is 2.93. The molecule has 2 aliphatic rings. The van der Waals surface area contributed by atoms with Crippen molar-refractivity contribution in [1.29, 1.82) is 0 Å². The van der Waals surface area contributed by atoms with E-state index in [9.17, 15) is 4.79 Å². The monoisotopic (exact) mass is 342 g/mol. The van der Waals surface area contributed by atoms with Crippen LogP contribution in [0.4, 0.5) is 0 Å². The molecule has 4 nitrogen and oxygen atoms in total. The van der Waals surface area contributed by atoms with E-state index in [4.69, 9.17) is 13.9 Å². The van der Waals surface area contributed by atoms with Gasteiger partial charge >= 0.3 is 5.97 Å². The summed E-state index contributed by atoms with van der Waals surface area (Å²) in [5.74, 6) is -0.102. The Hall–Kier alpha value is -0.393. The van der Waals surface area contributed by atoms with Gasteiger partial charge in [-0.15, -0.1) is 0 Å². The van der Waals surface area contributed by atoms with Crippen LogP contribution in [-0.2, 0) is 18.7 Å². The molecule has 0 aromatic rings. The fourth-order valence-electron chi connectivity index (χ4n) is 3.27. The minimum absolute atomic E-state index is 0.0237. The van der Waals surface area contributed by atoms with Crippen LogP contribution in [-0.4, -0.2) is 37.7 Å². The van der Waals surface area contributed by atoms with Gasteiger partial charge in [0.15, 0.2) is 8.32 Å². The first-order chi connectivity index (χ1) is 10.3. The number of ether oxygens (including phenoxy) is 2. The smallest absolute Gasteiger partial charge is 0.306 e. The number of carbonyl (C=O) groups is 1. The van der Waals surface area contributed by atoms with Crippen molar-refractivity contribution in [2.75, 3.05) is 0 Å². The number of hydrogen-bond donors (Lipinski definition) is 0. The van der Waals surface area contributed by atoms with Gasteiger partial charge in [-0.1, -0.05) is 20.8 Å². The molecular weight excluding hydrogens is 308 g/mol. The predicted octanol–water partition coefficient (Wildman–Crippen LogP) is 4.43. The minimum atomic E-state index is -1.83. The van der Waals surface area contributed by atoms with E-state index in [-0.39, 0.29) is 28.8 Å². The van der Waals surface area contributed by atoms with Gasteiger partial charge in [-0.2, -0.15) is 0 Å². The molecule has 2 rings (SSSR count). The molecule has 0 aliphatic carbocycles. The fourth-order valence-corrected chi connectivity index (χ4v) is 4.76. The SMILES string of the molecule is C[C@@H](O[Si](C)(C)C(C)(C)C)[C@]1(C)CC[C@H]([C@]2(C)CCC(=O)O2)O1. The Morgan fingerprint density at radius 2 is 1.87 bits per heavy atom.